The summed E-state index contributed by atoms with van der Waals surface area (Å²) in [7, 11) is 0. The summed E-state index contributed by atoms with van der Waals surface area (Å²) in [5.74, 6) is 0.709. The van der Waals surface area contributed by atoms with Gasteiger partial charge < -0.3 is 10.6 Å². The lowest BCUT2D eigenvalue weighted by molar-refractivity contribution is -0.119. The number of pyridine rings is 1. The highest BCUT2D eigenvalue weighted by Gasteiger charge is 2.22. The number of halogens is 2. The summed E-state index contributed by atoms with van der Waals surface area (Å²) in [6, 6.07) is 5.72. The zero-order valence-electron chi connectivity index (χ0n) is 11.9. The fraction of sp³-hybridized carbons (Fsp3) is 0.357. The monoisotopic (exact) mass is 343 g/mol. The summed E-state index contributed by atoms with van der Waals surface area (Å²) < 4.78 is 1.80. The number of carbonyl (C=O) groups excluding carboxylic acids is 1. The highest BCUT2D eigenvalue weighted by atomic mass is 35.5. The second kappa shape index (κ2) is 8.73. The lowest BCUT2D eigenvalue weighted by atomic mass is 10.1. The van der Waals surface area contributed by atoms with E-state index in [4.69, 9.17) is 0 Å². The lowest BCUT2D eigenvalue weighted by Gasteiger charge is -2.07. The summed E-state index contributed by atoms with van der Waals surface area (Å²) >= 11 is 0. The summed E-state index contributed by atoms with van der Waals surface area (Å²) in [4.78, 5) is 16.0. The van der Waals surface area contributed by atoms with E-state index in [-0.39, 0.29) is 36.6 Å². The highest BCUT2D eigenvalue weighted by molar-refractivity contribution is 5.91. The topological polar surface area (TPSA) is 71.8 Å². The normalized spacial score (nSPS) is 16.5. The molecule has 1 atom stereocenters. The summed E-state index contributed by atoms with van der Waals surface area (Å²) in [5.41, 5.74) is 1.13. The third kappa shape index (κ3) is 4.69. The van der Waals surface area contributed by atoms with Crippen LogP contribution in [0.4, 0.5) is 5.82 Å². The van der Waals surface area contributed by atoms with E-state index in [1.54, 1.807) is 17.1 Å². The van der Waals surface area contributed by atoms with E-state index in [2.05, 4.69) is 20.7 Å². The van der Waals surface area contributed by atoms with Gasteiger partial charge in [0, 0.05) is 31.2 Å². The number of anilines is 1. The predicted molar refractivity (Wildman–Crippen MR) is 89.7 cm³/mol. The van der Waals surface area contributed by atoms with Crippen LogP contribution in [0.3, 0.4) is 0 Å². The first-order chi connectivity index (χ1) is 9.81. The minimum Gasteiger partial charge on any atom is -0.316 e. The van der Waals surface area contributed by atoms with Crippen LogP contribution in [0.25, 0.3) is 0 Å². The van der Waals surface area contributed by atoms with Crippen LogP contribution >= 0.6 is 24.8 Å². The molecule has 1 aliphatic rings. The molecule has 0 aliphatic carbocycles. The Labute approximate surface area is 141 Å². The average molecular weight is 344 g/mol. The Hall–Kier alpha value is -1.63. The highest BCUT2D eigenvalue weighted by Crippen LogP contribution is 2.12. The van der Waals surface area contributed by atoms with Crippen LogP contribution in [-0.4, -0.2) is 33.8 Å². The van der Waals surface area contributed by atoms with Gasteiger partial charge in [-0.3, -0.25) is 14.5 Å². The van der Waals surface area contributed by atoms with E-state index < -0.39 is 0 Å². The van der Waals surface area contributed by atoms with E-state index >= 15 is 0 Å². The number of nitrogens with zero attached hydrogens (tertiary/aromatic N) is 3. The van der Waals surface area contributed by atoms with Crippen LogP contribution in [0.5, 0.6) is 0 Å². The Morgan fingerprint density at radius 3 is 2.77 bits per heavy atom. The largest absolute Gasteiger partial charge is 0.316 e. The van der Waals surface area contributed by atoms with Crippen LogP contribution < -0.4 is 10.6 Å². The number of carbonyl (C=O) groups is 1. The first kappa shape index (κ1) is 18.4. The van der Waals surface area contributed by atoms with Crippen molar-refractivity contribution in [3.05, 3.63) is 42.4 Å². The summed E-state index contributed by atoms with van der Waals surface area (Å²) in [5, 5.41) is 10.4. The minimum atomic E-state index is 0. The molecule has 0 saturated carbocycles. The molecule has 1 saturated heterocycles. The van der Waals surface area contributed by atoms with Gasteiger partial charge in [0.2, 0.25) is 5.91 Å². The van der Waals surface area contributed by atoms with Gasteiger partial charge in [0.1, 0.15) is 0 Å². The van der Waals surface area contributed by atoms with E-state index in [1.807, 2.05) is 24.4 Å². The lowest BCUT2D eigenvalue weighted by Crippen LogP contribution is -2.24. The van der Waals surface area contributed by atoms with Crippen molar-refractivity contribution in [3.63, 3.8) is 0 Å². The average Bonchev–Trinajstić information content (AvgIpc) is 3.11. The van der Waals surface area contributed by atoms with Crippen molar-refractivity contribution in [1.82, 2.24) is 20.1 Å². The van der Waals surface area contributed by atoms with Gasteiger partial charge in [-0.2, -0.15) is 5.10 Å². The van der Waals surface area contributed by atoms with Gasteiger partial charge in [-0.15, -0.1) is 24.8 Å². The molecule has 0 radical (unpaired) electrons. The molecule has 8 heteroatoms. The molecule has 1 fully saturated rings. The Balaban J connectivity index is 0.00000121. The minimum absolute atomic E-state index is 0. The molecule has 2 aromatic rings. The first-order valence-corrected chi connectivity index (χ1v) is 6.75. The fourth-order valence-corrected chi connectivity index (χ4v) is 2.30. The van der Waals surface area contributed by atoms with Gasteiger partial charge in [-0.05, 0) is 30.7 Å². The number of nitrogens with one attached hydrogen (secondary N) is 2. The van der Waals surface area contributed by atoms with Crippen molar-refractivity contribution in [2.45, 2.75) is 13.0 Å². The van der Waals surface area contributed by atoms with Crippen LogP contribution in [0.15, 0.2) is 36.8 Å². The number of rotatable bonds is 4. The number of amides is 1. The molecular formula is C14H19Cl2N5O. The molecule has 0 aromatic carbocycles. The Kier molecular flexibility index (Phi) is 7.31. The Morgan fingerprint density at radius 1 is 1.32 bits per heavy atom. The molecule has 3 heterocycles. The van der Waals surface area contributed by atoms with Crippen molar-refractivity contribution < 1.29 is 4.79 Å². The van der Waals surface area contributed by atoms with Crippen LogP contribution in [0, 0.1) is 5.92 Å². The van der Waals surface area contributed by atoms with Gasteiger partial charge in [0.15, 0.2) is 5.82 Å². The number of hydrogen-bond acceptors (Lipinski definition) is 4. The maximum absolute atomic E-state index is 12.0. The zero-order valence-corrected chi connectivity index (χ0v) is 13.6. The van der Waals surface area contributed by atoms with Crippen molar-refractivity contribution in [3.8, 4) is 0 Å². The Morgan fingerprint density at radius 2 is 2.09 bits per heavy atom. The number of aromatic nitrogens is 3. The molecule has 0 spiro atoms. The predicted octanol–water partition coefficient (Wildman–Crippen LogP) is 1.72. The van der Waals surface area contributed by atoms with E-state index in [0.29, 0.717) is 12.4 Å². The molecule has 22 heavy (non-hydrogen) atoms. The smallest absolute Gasteiger partial charge is 0.230 e. The standard InChI is InChI=1S/C14H17N5O.2ClH/c20-14(12-3-7-16-9-12)17-13-4-8-19(18-13)10-11-1-5-15-6-2-11;;/h1-2,4-6,8,12,16H,3,7,9-10H2,(H,17,18,20);2*1H. The van der Waals surface area contributed by atoms with Gasteiger partial charge >= 0.3 is 0 Å². The SMILES string of the molecule is Cl.Cl.O=C(Nc1ccn(Cc2ccncc2)n1)C1CCNC1. The molecule has 1 unspecified atom stereocenters. The van der Waals surface area contributed by atoms with Crippen LogP contribution in [-0.2, 0) is 11.3 Å². The quantitative estimate of drug-likeness (QED) is 0.886. The molecule has 2 aromatic heterocycles. The maximum Gasteiger partial charge on any atom is 0.230 e. The van der Waals surface area contributed by atoms with Crippen molar-refractivity contribution in [2.24, 2.45) is 5.92 Å². The molecule has 1 aliphatic heterocycles. The zero-order chi connectivity index (χ0) is 13.8. The van der Waals surface area contributed by atoms with Crippen LogP contribution in [0.1, 0.15) is 12.0 Å². The van der Waals surface area contributed by atoms with Gasteiger partial charge in [0.05, 0.1) is 12.5 Å². The van der Waals surface area contributed by atoms with Crippen molar-refractivity contribution >= 4 is 36.5 Å². The fourth-order valence-electron chi connectivity index (χ4n) is 2.30. The summed E-state index contributed by atoms with van der Waals surface area (Å²) in [6.45, 7) is 2.33. The third-order valence-corrected chi connectivity index (χ3v) is 3.42. The maximum atomic E-state index is 12.0. The Bertz CT molecular complexity index is 584. The van der Waals surface area contributed by atoms with Gasteiger partial charge in [0.25, 0.3) is 0 Å². The molecule has 120 valence electrons. The van der Waals surface area contributed by atoms with Gasteiger partial charge in [-0.1, -0.05) is 0 Å². The molecule has 1 amide bonds. The molecular weight excluding hydrogens is 325 g/mol. The van der Waals surface area contributed by atoms with Crippen molar-refractivity contribution in [1.29, 1.82) is 0 Å². The molecule has 3 rings (SSSR count). The second-order valence-corrected chi connectivity index (χ2v) is 4.93. The number of hydrogen-bond donors (Lipinski definition) is 2. The van der Waals surface area contributed by atoms with E-state index in [9.17, 15) is 4.79 Å². The van der Waals surface area contributed by atoms with E-state index in [0.717, 1.165) is 25.1 Å². The van der Waals surface area contributed by atoms with Crippen LogP contribution in [0.2, 0.25) is 0 Å². The third-order valence-electron chi connectivity index (χ3n) is 3.42. The summed E-state index contributed by atoms with van der Waals surface area (Å²) in [6.07, 6.45) is 6.27. The van der Waals surface area contributed by atoms with Crippen molar-refractivity contribution in [2.75, 3.05) is 18.4 Å². The molecule has 6 nitrogen and oxygen atoms in total. The second-order valence-electron chi connectivity index (χ2n) is 4.93. The van der Waals surface area contributed by atoms with Gasteiger partial charge in [-0.25, -0.2) is 0 Å². The van der Waals surface area contributed by atoms with E-state index in [1.165, 1.54) is 0 Å². The molecule has 2 N–H and O–H groups in total. The molecule has 0 bridgehead atoms. The first-order valence-electron chi connectivity index (χ1n) is 6.75.